The van der Waals surface area contributed by atoms with E-state index in [1.165, 1.54) is 199 Å². The Hall–Kier alpha value is -1.92. The van der Waals surface area contributed by atoms with Gasteiger partial charge in [-0.15, -0.1) is 0 Å². The summed E-state index contributed by atoms with van der Waals surface area (Å²) in [6.45, 7) is 4.85. The van der Waals surface area contributed by atoms with E-state index in [1.54, 1.807) is 6.08 Å². The van der Waals surface area contributed by atoms with Crippen LogP contribution in [0.4, 0.5) is 0 Å². The first-order valence-corrected chi connectivity index (χ1v) is 26.8. The highest BCUT2D eigenvalue weighted by molar-refractivity contribution is 5.76. The Balaban J connectivity index is 3.43. The molecule has 2 unspecified atom stereocenters. The van der Waals surface area contributed by atoms with Gasteiger partial charge in [0, 0.05) is 12.8 Å². The van der Waals surface area contributed by atoms with E-state index >= 15 is 0 Å². The number of unbranched alkanes of at least 4 members (excludes halogenated alkanes) is 34. The molecule has 61 heavy (non-hydrogen) atoms. The minimum atomic E-state index is -0.848. The Morgan fingerprint density at radius 1 is 0.443 bits per heavy atom. The van der Waals surface area contributed by atoms with Crippen LogP contribution in [-0.4, -0.2) is 47.4 Å². The first kappa shape index (κ1) is 59.1. The summed E-state index contributed by atoms with van der Waals surface area (Å²) in [7, 11) is 0. The molecule has 0 aromatic heterocycles. The molecule has 0 heterocycles. The largest absolute Gasteiger partial charge is 0.466 e. The van der Waals surface area contributed by atoms with Crippen molar-refractivity contribution < 1.29 is 24.5 Å². The smallest absolute Gasteiger partial charge is 0.305 e. The molecule has 0 saturated heterocycles. The Morgan fingerprint density at radius 2 is 0.770 bits per heavy atom. The number of carbonyl (C=O) groups excluding carboxylic acids is 2. The third-order valence-electron chi connectivity index (χ3n) is 12.1. The van der Waals surface area contributed by atoms with Crippen LogP contribution in [-0.2, 0) is 14.3 Å². The van der Waals surface area contributed by atoms with E-state index in [9.17, 15) is 19.8 Å². The predicted molar refractivity (Wildman–Crippen MR) is 264 cm³/mol. The van der Waals surface area contributed by atoms with Crippen molar-refractivity contribution in [1.29, 1.82) is 0 Å². The maximum Gasteiger partial charge on any atom is 0.305 e. The molecule has 0 rings (SSSR count). The van der Waals surface area contributed by atoms with Crippen LogP contribution in [0.2, 0.25) is 0 Å². The SMILES string of the molecule is CCCCCCCCC/C=C\CCCCCCCC(=O)OCCCCCCCCCC/C=C\CCCCCCCCCC(=O)NC(CO)C(O)/C=C/CCCCCCCCC. The first-order valence-electron chi connectivity index (χ1n) is 26.8. The summed E-state index contributed by atoms with van der Waals surface area (Å²) in [5.74, 6) is -0.0862. The third kappa shape index (κ3) is 47.4. The maximum absolute atomic E-state index is 12.4. The quantitative estimate of drug-likeness (QED) is 0.0322. The zero-order chi connectivity index (χ0) is 44.4. The zero-order valence-corrected chi connectivity index (χ0v) is 40.6. The standard InChI is InChI=1S/C55H103NO5/c1-3-5-7-9-11-13-14-15-16-23-26-29-33-37-41-45-49-55(60)61-50-46-42-38-34-30-27-24-21-19-17-18-20-22-25-28-32-36-40-44-48-54(59)56-52(51-57)53(58)47-43-39-35-31-12-10-8-6-4-2/h16-18,23,43,47,52-53,57-58H,3-15,19-22,24-42,44-46,48-51H2,1-2H3,(H,56,59)/b18-17-,23-16-,47-43+. The van der Waals surface area contributed by atoms with Gasteiger partial charge >= 0.3 is 5.97 Å². The summed E-state index contributed by atoms with van der Waals surface area (Å²) in [6.07, 6.45) is 61.6. The third-order valence-corrected chi connectivity index (χ3v) is 12.1. The average Bonchev–Trinajstić information content (AvgIpc) is 3.26. The fraction of sp³-hybridized carbons (Fsp3) is 0.855. The van der Waals surface area contributed by atoms with Crippen LogP contribution in [0.3, 0.4) is 0 Å². The molecule has 0 aliphatic heterocycles. The highest BCUT2D eigenvalue weighted by Gasteiger charge is 2.18. The van der Waals surface area contributed by atoms with Gasteiger partial charge in [-0.25, -0.2) is 0 Å². The Kier molecular flexibility index (Phi) is 49.1. The number of esters is 1. The van der Waals surface area contributed by atoms with Gasteiger partial charge in [0.05, 0.1) is 25.4 Å². The highest BCUT2D eigenvalue weighted by Crippen LogP contribution is 2.15. The number of rotatable bonds is 49. The van der Waals surface area contributed by atoms with Gasteiger partial charge in [0.2, 0.25) is 5.91 Å². The Labute approximate surface area is 379 Å². The minimum Gasteiger partial charge on any atom is -0.466 e. The zero-order valence-electron chi connectivity index (χ0n) is 40.6. The lowest BCUT2D eigenvalue weighted by Gasteiger charge is -2.20. The lowest BCUT2D eigenvalue weighted by atomic mass is 10.1. The number of allylic oxidation sites excluding steroid dienone is 5. The molecule has 0 aromatic carbocycles. The number of hydrogen-bond acceptors (Lipinski definition) is 5. The van der Waals surface area contributed by atoms with Crippen molar-refractivity contribution in [2.45, 2.75) is 289 Å². The van der Waals surface area contributed by atoms with Crippen LogP contribution in [0.1, 0.15) is 277 Å². The number of aliphatic hydroxyl groups excluding tert-OH is 2. The molecule has 358 valence electrons. The van der Waals surface area contributed by atoms with E-state index in [0.717, 1.165) is 51.4 Å². The van der Waals surface area contributed by atoms with Crippen LogP contribution in [0.5, 0.6) is 0 Å². The lowest BCUT2D eigenvalue weighted by Crippen LogP contribution is -2.45. The van der Waals surface area contributed by atoms with E-state index in [1.807, 2.05) is 6.08 Å². The van der Waals surface area contributed by atoms with Crippen LogP contribution in [0.25, 0.3) is 0 Å². The summed E-state index contributed by atoms with van der Waals surface area (Å²) >= 11 is 0. The van der Waals surface area contributed by atoms with E-state index in [2.05, 4.69) is 43.5 Å². The molecule has 0 radical (unpaired) electrons. The highest BCUT2D eigenvalue weighted by atomic mass is 16.5. The molecule has 0 fully saturated rings. The van der Waals surface area contributed by atoms with Gasteiger partial charge in [0.25, 0.3) is 0 Å². The van der Waals surface area contributed by atoms with Gasteiger partial charge in [-0.1, -0.05) is 217 Å². The van der Waals surface area contributed by atoms with Gasteiger partial charge in [0.1, 0.15) is 0 Å². The van der Waals surface area contributed by atoms with Crippen molar-refractivity contribution in [1.82, 2.24) is 5.32 Å². The molecular weight excluding hydrogens is 755 g/mol. The number of aliphatic hydroxyl groups is 2. The van der Waals surface area contributed by atoms with Crippen molar-refractivity contribution in [2.75, 3.05) is 13.2 Å². The second kappa shape index (κ2) is 50.7. The summed E-state index contributed by atoms with van der Waals surface area (Å²) < 4.78 is 5.47. The second-order valence-corrected chi connectivity index (χ2v) is 18.2. The summed E-state index contributed by atoms with van der Waals surface area (Å²) in [4.78, 5) is 24.4. The molecule has 0 aliphatic carbocycles. The van der Waals surface area contributed by atoms with Crippen LogP contribution >= 0.6 is 0 Å². The Morgan fingerprint density at radius 3 is 1.16 bits per heavy atom. The topological polar surface area (TPSA) is 95.9 Å². The molecule has 0 saturated carbocycles. The lowest BCUT2D eigenvalue weighted by molar-refractivity contribution is -0.143. The van der Waals surface area contributed by atoms with Crippen molar-refractivity contribution in [3.05, 3.63) is 36.5 Å². The summed E-state index contributed by atoms with van der Waals surface area (Å²) in [5, 5.41) is 22.9. The molecule has 6 heteroatoms. The van der Waals surface area contributed by atoms with Crippen LogP contribution in [0.15, 0.2) is 36.5 Å². The van der Waals surface area contributed by atoms with Crippen LogP contribution < -0.4 is 5.32 Å². The normalized spacial score (nSPS) is 12.9. The first-order chi connectivity index (χ1) is 30.0. The fourth-order valence-electron chi connectivity index (χ4n) is 7.97. The predicted octanol–water partition coefficient (Wildman–Crippen LogP) is 16.1. The van der Waals surface area contributed by atoms with Gasteiger partial charge in [-0.2, -0.15) is 0 Å². The summed E-state index contributed by atoms with van der Waals surface area (Å²) in [5.41, 5.74) is 0. The van der Waals surface area contributed by atoms with E-state index in [4.69, 9.17) is 4.74 Å². The van der Waals surface area contributed by atoms with Crippen molar-refractivity contribution in [2.24, 2.45) is 0 Å². The van der Waals surface area contributed by atoms with Crippen LogP contribution in [0, 0.1) is 0 Å². The Bertz CT molecular complexity index is 993. The van der Waals surface area contributed by atoms with Crippen molar-refractivity contribution >= 4 is 11.9 Å². The maximum atomic E-state index is 12.4. The minimum absolute atomic E-state index is 0.00498. The van der Waals surface area contributed by atoms with E-state index in [0.29, 0.717) is 19.4 Å². The number of carbonyl (C=O) groups is 2. The number of nitrogens with one attached hydrogen (secondary N) is 1. The summed E-state index contributed by atoms with van der Waals surface area (Å²) in [6, 6.07) is -0.633. The van der Waals surface area contributed by atoms with Gasteiger partial charge in [-0.3, -0.25) is 9.59 Å². The molecule has 2 atom stereocenters. The molecule has 3 N–H and O–H groups in total. The molecule has 0 bridgehead atoms. The van der Waals surface area contributed by atoms with Crippen molar-refractivity contribution in [3.8, 4) is 0 Å². The van der Waals surface area contributed by atoms with Gasteiger partial charge in [-0.05, 0) is 83.5 Å². The molecular formula is C55H103NO5. The second-order valence-electron chi connectivity index (χ2n) is 18.2. The van der Waals surface area contributed by atoms with Gasteiger partial charge < -0.3 is 20.3 Å². The monoisotopic (exact) mass is 858 g/mol. The fourth-order valence-corrected chi connectivity index (χ4v) is 7.97. The van der Waals surface area contributed by atoms with Gasteiger partial charge in [0.15, 0.2) is 0 Å². The number of ether oxygens (including phenoxy) is 1. The molecule has 0 aromatic rings. The molecule has 1 amide bonds. The van der Waals surface area contributed by atoms with E-state index < -0.39 is 12.1 Å². The number of hydrogen-bond donors (Lipinski definition) is 3. The van der Waals surface area contributed by atoms with E-state index in [-0.39, 0.29) is 18.5 Å². The molecule has 0 spiro atoms. The van der Waals surface area contributed by atoms with Crippen molar-refractivity contribution in [3.63, 3.8) is 0 Å². The molecule has 6 nitrogen and oxygen atoms in total. The number of amides is 1. The average molecular weight is 858 g/mol. The molecule has 0 aliphatic rings.